The van der Waals surface area contributed by atoms with Crippen LogP contribution in [0.3, 0.4) is 0 Å². The Hall–Kier alpha value is -3.49. The summed E-state index contributed by atoms with van der Waals surface area (Å²) in [7, 11) is 0. The summed E-state index contributed by atoms with van der Waals surface area (Å²) >= 11 is 1.54. The number of aryl methyl sites for hydroxylation is 1. The number of carbonyl (C=O) groups excluding carboxylic acids is 3. The lowest BCUT2D eigenvalue weighted by molar-refractivity contribution is -0.126. The van der Waals surface area contributed by atoms with Crippen LogP contribution < -0.4 is 10.6 Å². The van der Waals surface area contributed by atoms with E-state index in [1.807, 2.05) is 55.6 Å². The maximum atomic E-state index is 13.8. The summed E-state index contributed by atoms with van der Waals surface area (Å²) < 4.78 is 5.38. The molecule has 1 aromatic heterocycles. The second kappa shape index (κ2) is 13.6. The molecule has 0 saturated carbocycles. The lowest BCUT2D eigenvalue weighted by Crippen LogP contribution is -2.43. The highest BCUT2D eigenvalue weighted by molar-refractivity contribution is 7.09. The number of thiophene rings is 1. The van der Waals surface area contributed by atoms with Crippen molar-refractivity contribution in [2.75, 3.05) is 25.1 Å². The van der Waals surface area contributed by atoms with Gasteiger partial charge in [0.1, 0.15) is 6.04 Å². The third-order valence-electron chi connectivity index (χ3n) is 5.54. The van der Waals surface area contributed by atoms with Gasteiger partial charge in [-0.25, -0.2) is 0 Å². The first-order valence-corrected chi connectivity index (χ1v) is 12.9. The minimum atomic E-state index is -0.817. The third-order valence-corrected chi connectivity index (χ3v) is 6.40. The SMILES string of the molecule is CCOCCCNC(=O)[C@@H](c1ccc(C)cc1)N(Cc1cccs1)C(=O)c1ccc(NC(C)=O)cc1. The van der Waals surface area contributed by atoms with E-state index in [1.165, 1.54) is 18.3 Å². The number of ether oxygens (including phenoxy) is 1. The number of hydrogen-bond acceptors (Lipinski definition) is 5. The summed E-state index contributed by atoms with van der Waals surface area (Å²) in [4.78, 5) is 41.4. The first-order valence-electron chi connectivity index (χ1n) is 12.0. The summed E-state index contributed by atoms with van der Waals surface area (Å²) in [5, 5.41) is 7.66. The van der Waals surface area contributed by atoms with Crippen molar-refractivity contribution in [2.24, 2.45) is 0 Å². The predicted molar refractivity (Wildman–Crippen MR) is 143 cm³/mol. The van der Waals surface area contributed by atoms with Crippen LogP contribution in [0.1, 0.15) is 52.7 Å². The largest absolute Gasteiger partial charge is 0.382 e. The molecule has 190 valence electrons. The monoisotopic (exact) mass is 507 g/mol. The molecule has 0 radical (unpaired) electrons. The van der Waals surface area contributed by atoms with Crippen molar-refractivity contribution in [3.63, 3.8) is 0 Å². The summed E-state index contributed by atoms with van der Waals surface area (Å²) in [5.41, 5.74) is 2.84. The van der Waals surface area contributed by atoms with Crippen LogP contribution in [0.25, 0.3) is 0 Å². The van der Waals surface area contributed by atoms with Crippen LogP contribution in [0.5, 0.6) is 0 Å². The molecule has 0 saturated heterocycles. The van der Waals surface area contributed by atoms with E-state index >= 15 is 0 Å². The fourth-order valence-corrected chi connectivity index (χ4v) is 4.47. The van der Waals surface area contributed by atoms with E-state index in [-0.39, 0.29) is 24.3 Å². The van der Waals surface area contributed by atoms with E-state index in [4.69, 9.17) is 4.74 Å². The van der Waals surface area contributed by atoms with Gasteiger partial charge in [0.05, 0.1) is 6.54 Å². The van der Waals surface area contributed by atoms with E-state index in [0.29, 0.717) is 37.4 Å². The zero-order chi connectivity index (χ0) is 25.9. The average molecular weight is 508 g/mol. The van der Waals surface area contributed by atoms with Crippen molar-refractivity contribution in [3.05, 3.63) is 87.6 Å². The Kier molecular flexibility index (Phi) is 10.2. The van der Waals surface area contributed by atoms with Crippen molar-refractivity contribution < 1.29 is 19.1 Å². The van der Waals surface area contributed by atoms with Crippen LogP contribution in [0.4, 0.5) is 5.69 Å². The second-order valence-electron chi connectivity index (χ2n) is 8.43. The first-order chi connectivity index (χ1) is 17.4. The quantitative estimate of drug-likeness (QED) is 0.340. The van der Waals surface area contributed by atoms with Gasteiger partial charge in [0, 0.05) is 42.8 Å². The molecule has 36 heavy (non-hydrogen) atoms. The maximum absolute atomic E-state index is 13.8. The van der Waals surface area contributed by atoms with Crippen molar-refractivity contribution in [2.45, 2.75) is 39.8 Å². The molecule has 3 rings (SSSR count). The Morgan fingerprint density at radius 2 is 1.75 bits per heavy atom. The van der Waals surface area contributed by atoms with Gasteiger partial charge in [0.15, 0.2) is 0 Å². The van der Waals surface area contributed by atoms with Crippen molar-refractivity contribution in [1.29, 1.82) is 0 Å². The van der Waals surface area contributed by atoms with Gasteiger partial charge in [-0.1, -0.05) is 35.9 Å². The van der Waals surface area contributed by atoms with Crippen LogP contribution in [-0.2, 0) is 20.9 Å². The van der Waals surface area contributed by atoms with E-state index in [1.54, 1.807) is 29.2 Å². The Bertz CT molecular complexity index is 1130. The van der Waals surface area contributed by atoms with Crippen LogP contribution in [-0.4, -0.2) is 42.4 Å². The molecule has 2 N–H and O–H groups in total. The van der Waals surface area contributed by atoms with Gasteiger partial charge in [0.25, 0.3) is 5.91 Å². The second-order valence-corrected chi connectivity index (χ2v) is 9.46. The van der Waals surface area contributed by atoms with Crippen molar-refractivity contribution in [1.82, 2.24) is 10.2 Å². The molecule has 8 heteroatoms. The lowest BCUT2D eigenvalue weighted by Gasteiger charge is -2.31. The number of carbonyl (C=O) groups is 3. The highest BCUT2D eigenvalue weighted by Crippen LogP contribution is 2.28. The summed E-state index contributed by atoms with van der Waals surface area (Å²) in [6.45, 7) is 7.28. The minimum absolute atomic E-state index is 0.186. The van der Waals surface area contributed by atoms with Gasteiger partial charge in [-0.05, 0) is 61.5 Å². The lowest BCUT2D eigenvalue weighted by atomic mass is 10.0. The van der Waals surface area contributed by atoms with E-state index in [0.717, 1.165) is 16.0 Å². The number of amides is 3. The van der Waals surface area contributed by atoms with Gasteiger partial charge in [-0.3, -0.25) is 14.4 Å². The van der Waals surface area contributed by atoms with E-state index in [9.17, 15) is 14.4 Å². The molecular weight excluding hydrogens is 474 g/mol. The third kappa shape index (κ3) is 7.76. The van der Waals surface area contributed by atoms with Crippen LogP contribution in [0.15, 0.2) is 66.0 Å². The molecule has 1 heterocycles. The molecule has 0 aliphatic heterocycles. The molecule has 7 nitrogen and oxygen atoms in total. The fourth-order valence-electron chi connectivity index (χ4n) is 3.76. The zero-order valence-electron chi connectivity index (χ0n) is 21.0. The number of nitrogens with zero attached hydrogens (tertiary/aromatic N) is 1. The summed E-state index contributed by atoms with van der Waals surface area (Å²) in [6, 6.07) is 17.5. The normalized spacial score (nSPS) is 11.5. The Morgan fingerprint density at radius 3 is 2.36 bits per heavy atom. The molecule has 0 fully saturated rings. The number of nitrogens with one attached hydrogen (secondary N) is 2. The van der Waals surface area contributed by atoms with Crippen LogP contribution in [0, 0.1) is 6.92 Å². The Morgan fingerprint density at radius 1 is 1.03 bits per heavy atom. The van der Waals surface area contributed by atoms with Gasteiger partial charge in [-0.15, -0.1) is 11.3 Å². The number of hydrogen-bond donors (Lipinski definition) is 2. The predicted octanol–water partition coefficient (Wildman–Crippen LogP) is 4.94. The Labute approximate surface area is 216 Å². The molecule has 0 spiro atoms. The van der Waals surface area contributed by atoms with Gasteiger partial charge >= 0.3 is 0 Å². The van der Waals surface area contributed by atoms with Gasteiger partial charge < -0.3 is 20.3 Å². The summed E-state index contributed by atoms with van der Waals surface area (Å²) in [5.74, 6) is -0.697. The van der Waals surface area contributed by atoms with Crippen LogP contribution in [0.2, 0.25) is 0 Å². The molecule has 0 unspecified atom stereocenters. The molecule has 2 aromatic carbocycles. The molecule has 3 aromatic rings. The Balaban J connectivity index is 1.94. The standard InChI is InChI=1S/C28H33N3O4S/c1-4-35-17-6-16-29-27(33)26(22-10-8-20(2)9-11-22)31(19-25-7-5-18-36-25)28(34)23-12-14-24(15-13-23)30-21(3)32/h5,7-15,18,26H,4,6,16-17,19H2,1-3H3,(H,29,33)(H,30,32)/t26-/m1/s1. The van der Waals surface area contributed by atoms with Gasteiger partial charge in [0.2, 0.25) is 11.8 Å². The summed E-state index contributed by atoms with van der Waals surface area (Å²) in [6.07, 6.45) is 0.684. The maximum Gasteiger partial charge on any atom is 0.255 e. The van der Waals surface area contributed by atoms with E-state index < -0.39 is 6.04 Å². The van der Waals surface area contributed by atoms with Crippen LogP contribution >= 0.6 is 11.3 Å². The van der Waals surface area contributed by atoms with Crippen molar-refractivity contribution >= 4 is 34.7 Å². The van der Waals surface area contributed by atoms with Crippen molar-refractivity contribution in [3.8, 4) is 0 Å². The molecule has 3 amide bonds. The van der Waals surface area contributed by atoms with E-state index in [2.05, 4.69) is 10.6 Å². The minimum Gasteiger partial charge on any atom is -0.382 e. The highest BCUT2D eigenvalue weighted by atomic mass is 32.1. The zero-order valence-corrected chi connectivity index (χ0v) is 21.8. The molecule has 0 bridgehead atoms. The smallest absolute Gasteiger partial charge is 0.255 e. The van der Waals surface area contributed by atoms with Gasteiger partial charge in [-0.2, -0.15) is 0 Å². The molecule has 0 aliphatic rings. The number of benzene rings is 2. The highest BCUT2D eigenvalue weighted by Gasteiger charge is 2.32. The number of rotatable bonds is 12. The fraction of sp³-hybridized carbons (Fsp3) is 0.321. The number of anilines is 1. The topological polar surface area (TPSA) is 87.7 Å². The average Bonchev–Trinajstić information content (AvgIpc) is 3.37. The molecular formula is C28H33N3O4S. The first kappa shape index (κ1) is 27.1. The molecule has 0 aliphatic carbocycles. The molecule has 1 atom stereocenters.